The molecule has 0 radical (unpaired) electrons. The van der Waals surface area contributed by atoms with E-state index in [9.17, 15) is 31.9 Å². The van der Waals surface area contributed by atoms with Gasteiger partial charge in [0.1, 0.15) is 17.9 Å². The van der Waals surface area contributed by atoms with Crippen molar-refractivity contribution in [3.63, 3.8) is 0 Å². The van der Waals surface area contributed by atoms with Gasteiger partial charge in [0, 0.05) is 18.7 Å². The second kappa shape index (κ2) is 9.44. The number of hydrogen-bond acceptors (Lipinski definition) is 4. The Kier molecular flexibility index (Phi) is 6.39. The van der Waals surface area contributed by atoms with Crippen LogP contribution < -0.4 is 4.90 Å². The molecule has 3 aliphatic rings. The highest BCUT2D eigenvalue weighted by Gasteiger charge is 2.57. The number of benzene rings is 2. The second-order valence-electron chi connectivity index (χ2n) is 9.65. The van der Waals surface area contributed by atoms with E-state index in [0.29, 0.717) is 5.56 Å². The monoisotopic (exact) mass is 529 g/mol. The fourth-order valence-corrected chi connectivity index (χ4v) is 5.14. The summed E-state index contributed by atoms with van der Waals surface area (Å²) in [4.78, 5) is 44.3. The SMILES string of the molecule is C#Cc1ccc(N2CC(=O)N(Cc3ccc(C(F)(F)F)cc3)[C@]3(CCN(C(=O)C4COC4)C3)C2=O)c(F)c1. The predicted octanol–water partition coefficient (Wildman–Crippen LogP) is 2.82. The van der Waals surface area contributed by atoms with Crippen LogP contribution in [0.5, 0.6) is 0 Å². The Hall–Kier alpha value is -3.91. The quantitative estimate of drug-likeness (QED) is 0.451. The van der Waals surface area contributed by atoms with E-state index in [1.807, 2.05) is 0 Å². The highest BCUT2D eigenvalue weighted by Crippen LogP contribution is 2.38. The first-order chi connectivity index (χ1) is 18.0. The topological polar surface area (TPSA) is 70.2 Å². The van der Waals surface area contributed by atoms with Crippen molar-refractivity contribution in [1.82, 2.24) is 9.80 Å². The molecule has 3 fully saturated rings. The molecule has 0 N–H and O–H groups in total. The van der Waals surface area contributed by atoms with Gasteiger partial charge in [-0.2, -0.15) is 13.2 Å². The summed E-state index contributed by atoms with van der Waals surface area (Å²) < 4.78 is 59.2. The molecule has 0 bridgehead atoms. The Bertz CT molecular complexity index is 1330. The van der Waals surface area contributed by atoms with Gasteiger partial charge < -0.3 is 14.5 Å². The van der Waals surface area contributed by atoms with Crippen LogP contribution in [0.25, 0.3) is 0 Å². The van der Waals surface area contributed by atoms with Crippen LogP contribution in [0, 0.1) is 24.1 Å². The van der Waals surface area contributed by atoms with Crippen LogP contribution in [-0.2, 0) is 31.8 Å². The number of amides is 3. The Morgan fingerprint density at radius 3 is 2.42 bits per heavy atom. The number of carbonyl (C=O) groups is 3. The highest BCUT2D eigenvalue weighted by molar-refractivity contribution is 6.10. The minimum absolute atomic E-state index is 0.0953. The van der Waals surface area contributed by atoms with E-state index in [2.05, 4.69) is 5.92 Å². The zero-order valence-corrected chi connectivity index (χ0v) is 20.1. The Morgan fingerprint density at radius 1 is 1.13 bits per heavy atom. The molecular weight excluding hydrogens is 506 g/mol. The van der Waals surface area contributed by atoms with Gasteiger partial charge in [-0.15, -0.1) is 6.42 Å². The van der Waals surface area contributed by atoms with E-state index in [0.717, 1.165) is 23.1 Å². The lowest BCUT2D eigenvalue weighted by Gasteiger charge is -2.47. The number of rotatable bonds is 4. The molecule has 1 spiro atoms. The highest BCUT2D eigenvalue weighted by atomic mass is 19.4. The lowest BCUT2D eigenvalue weighted by Crippen LogP contribution is -2.69. The molecule has 3 saturated heterocycles. The third-order valence-electron chi connectivity index (χ3n) is 7.33. The van der Waals surface area contributed by atoms with E-state index < -0.39 is 41.5 Å². The summed E-state index contributed by atoms with van der Waals surface area (Å²) in [6, 6.07) is 8.21. The van der Waals surface area contributed by atoms with Crippen molar-refractivity contribution in [3.05, 3.63) is 65.0 Å². The van der Waals surface area contributed by atoms with Crippen molar-refractivity contribution in [1.29, 1.82) is 0 Å². The number of carbonyl (C=O) groups excluding carboxylic acids is 3. The molecule has 1 atom stereocenters. The van der Waals surface area contributed by atoms with E-state index in [1.165, 1.54) is 34.1 Å². The van der Waals surface area contributed by atoms with Crippen LogP contribution in [0.4, 0.5) is 23.2 Å². The summed E-state index contributed by atoms with van der Waals surface area (Å²) in [5, 5.41) is 0. The Balaban J connectivity index is 1.49. The molecule has 2 aromatic carbocycles. The standard InChI is InChI=1S/C27H23F4N3O4/c1-2-17-5-8-22(21(28)11-17)33-13-23(35)34(12-18-3-6-20(7-4-18)27(29,30)31)26(25(33)37)9-10-32(16-26)24(36)19-14-38-15-19/h1,3-8,11,19H,9-10,12-16H2/t26-/m0/s1. The molecule has 3 aliphatic heterocycles. The van der Waals surface area contributed by atoms with Crippen LogP contribution in [0.1, 0.15) is 23.1 Å². The maximum absolute atomic E-state index is 15.0. The van der Waals surface area contributed by atoms with Crippen molar-refractivity contribution in [2.24, 2.45) is 5.92 Å². The number of alkyl halides is 3. The van der Waals surface area contributed by atoms with Crippen molar-refractivity contribution in [2.45, 2.75) is 24.7 Å². The van der Waals surface area contributed by atoms with Crippen LogP contribution >= 0.6 is 0 Å². The van der Waals surface area contributed by atoms with E-state index in [1.54, 1.807) is 0 Å². The summed E-state index contributed by atoms with van der Waals surface area (Å²) in [7, 11) is 0. The zero-order valence-electron chi connectivity index (χ0n) is 20.1. The molecule has 2 aromatic rings. The van der Waals surface area contributed by atoms with Gasteiger partial charge in [-0.1, -0.05) is 18.1 Å². The number of halogens is 4. The molecule has 11 heteroatoms. The number of likely N-dealkylation sites (tertiary alicyclic amines) is 1. The van der Waals surface area contributed by atoms with E-state index >= 15 is 0 Å². The van der Waals surface area contributed by atoms with E-state index in [-0.39, 0.29) is 62.3 Å². The molecule has 3 heterocycles. The number of hydrogen-bond donors (Lipinski definition) is 0. The second-order valence-corrected chi connectivity index (χ2v) is 9.65. The van der Waals surface area contributed by atoms with Crippen molar-refractivity contribution in [2.75, 3.05) is 37.7 Å². The molecule has 0 saturated carbocycles. The van der Waals surface area contributed by atoms with Gasteiger partial charge in [-0.05, 0) is 42.3 Å². The predicted molar refractivity (Wildman–Crippen MR) is 127 cm³/mol. The van der Waals surface area contributed by atoms with Crippen molar-refractivity contribution >= 4 is 23.4 Å². The molecular formula is C27H23F4N3O4. The average Bonchev–Trinajstić information content (AvgIpc) is 3.29. The first-order valence-corrected chi connectivity index (χ1v) is 11.9. The average molecular weight is 529 g/mol. The Morgan fingerprint density at radius 2 is 1.84 bits per heavy atom. The fourth-order valence-electron chi connectivity index (χ4n) is 5.14. The van der Waals surface area contributed by atoms with Crippen LogP contribution in [0.15, 0.2) is 42.5 Å². The van der Waals surface area contributed by atoms with E-state index in [4.69, 9.17) is 11.2 Å². The third-order valence-corrected chi connectivity index (χ3v) is 7.33. The zero-order chi connectivity index (χ0) is 27.2. The lowest BCUT2D eigenvalue weighted by molar-refractivity contribution is -0.154. The minimum Gasteiger partial charge on any atom is -0.380 e. The van der Waals surface area contributed by atoms with Gasteiger partial charge in [0.05, 0.1) is 36.9 Å². The summed E-state index contributed by atoms with van der Waals surface area (Å²) in [5.74, 6) is -0.101. The molecule has 0 unspecified atom stereocenters. The maximum atomic E-state index is 15.0. The van der Waals surface area contributed by atoms with Gasteiger partial charge >= 0.3 is 6.18 Å². The molecule has 0 aromatic heterocycles. The smallest absolute Gasteiger partial charge is 0.380 e. The molecule has 5 rings (SSSR count). The largest absolute Gasteiger partial charge is 0.416 e. The number of piperazine rings is 1. The summed E-state index contributed by atoms with van der Waals surface area (Å²) >= 11 is 0. The normalized spacial score (nSPS) is 22.1. The number of ether oxygens (including phenoxy) is 1. The van der Waals surface area contributed by atoms with Gasteiger partial charge in [0.25, 0.3) is 5.91 Å². The lowest BCUT2D eigenvalue weighted by atomic mass is 9.89. The Labute approximate surface area is 215 Å². The molecule has 0 aliphatic carbocycles. The molecule has 198 valence electrons. The third kappa shape index (κ3) is 4.39. The molecule has 7 nitrogen and oxygen atoms in total. The van der Waals surface area contributed by atoms with Gasteiger partial charge in [0.15, 0.2) is 0 Å². The van der Waals surface area contributed by atoms with Crippen molar-refractivity contribution in [3.8, 4) is 12.3 Å². The van der Waals surface area contributed by atoms with Crippen LogP contribution in [-0.4, -0.2) is 65.9 Å². The number of anilines is 1. The first-order valence-electron chi connectivity index (χ1n) is 11.9. The number of nitrogens with zero attached hydrogens (tertiary/aromatic N) is 3. The van der Waals surface area contributed by atoms with Crippen LogP contribution in [0.3, 0.4) is 0 Å². The maximum Gasteiger partial charge on any atom is 0.416 e. The van der Waals surface area contributed by atoms with Gasteiger partial charge in [0.2, 0.25) is 11.8 Å². The minimum atomic E-state index is -4.52. The van der Waals surface area contributed by atoms with Crippen LogP contribution in [0.2, 0.25) is 0 Å². The first kappa shape index (κ1) is 25.7. The fraction of sp³-hybridized carbons (Fsp3) is 0.370. The van der Waals surface area contributed by atoms with Crippen molar-refractivity contribution < 1.29 is 36.7 Å². The summed E-state index contributed by atoms with van der Waals surface area (Å²) in [6.45, 7) is -0.0212. The molecule has 38 heavy (non-hydrogen) atoms. The summed E-state index contributed by atoms with van der Waals surface area (Å²) in [5.41, 5.74) is -1.83. The summed E-state index contributed by atoms with van der Waals surface area (Å²) in [6.07, 6.45) is 0.908. The van der Waals surface area contributed by atoms with Gasteiger partial charge in [-0.25, -0.2) is 4.39 Å². The number of terminal acetylenes is 1. The van der Waals surface area contributed by atoms with Gasteiger partial charge in [-0.3, -0.25) is 19.3 Å². The molecule has 3 amide bonds.